The second-order valence-corrected chi connectivity index (χ2v) is 2.40. The summed E-state index contributed by atoms with van der Waals surface area (Å²) in [6.45, 7) is 4.25. The predicted molar refractivity (Wildman–Crippen MR) is 34.4 cm³/mol. The van der Waals surface area contributed by atoms with Crippen molar-refractivity contribution in [3.8, 4) is 0 Å². The van der Waals surface area contributed by atoms with Crippen molar-refractivity contribution in [3.63, 3.8) is 0 Å². The predicted octanol–water partition coefficient (Wildman–Crippen LogP) is 0.964. The van der Waals surface area contributed by atoms with Gasteiger partial charge in [0.15, 0.2) is 0 Å². The van der Waals surface area contributed by atoms with Crippen LogP contribution in [0.4, 0.5) is 0 Å². The second-order valence-electron chi connectivity index (χ2n) is 2.40. The number of rotatable bonds is 3. The molecule has 0 aliphatic rings. The topological polar surface area (TPSA) is 35.2 Å². The van der Waals surface area contributed by atoms with E-state index in [1.165, 1.54) is 0 Å². The minimum absolute atomic E-state index is 0.0741. The normalized spacial score (nSPS) is 14.6. The molecule has 0 radical (unpaired) electrons. The van der Waals surface area contributed by atoms with E-state index in [9.17, 15) is 0 Å². The van der Waals surface area contributed by atoms with Gasteiger partial charge in [-0.25, -0.2) is 0 Å². The zero-order chi connectivity index (χ0) is 6.57. The van der Waals surface area contributed by atoms with Gasteiger partial charge in [0, 0.05) is 7.11 Å². The quantitative estimate of drug-likeness (QED) is 0.559. The Kier molecular flexibility index (Phi) is 3.83. The van der Waals surface area contributed by atoms with Crippen molar-refractivity contribution >= 4 is 0 Å². The average molecular weight is 117 g/mol. The van der Waals surface area contributed by atoms with Crippen molar-refractivity contribution in [3.05, 3.63) is 0 Å². The fourth-order valence-electron chi connectivity index (χ4n) is 0.561. The summed E-state index contributed by atoms with van der Waals surface area (Å²) < 4.78 is 4.84. The minimum Gasteiger partial charge on any atom is -0.367 e. The van der Waals surface area contributed by atoms with Gasteiger partial charge in [-0.3, -0.25) is 0 Å². The second kappa shape index (κ2) is 3.87. The molecule has 0 bridgehead atoms. The highest BCUT2D eigenvalue weighted by atomic mass is 16.5. The van der Waals surface area contributed by atoms with Gasteiger partial charge in [-0.2, -0.15) is 0 Å². The fourth-order valence-corrected chi connectivity index (χ4v) is 0.561. The molecule has 2 heteroatoms. The summed E-state index contributed by atoms with van der Waals surface area (Å²) >= 11 is 0. The molecule has 1 unspecified atom stereocenters. The van der Waals surface area contributed by atoms with Crippen molar-refractivity contribution in [1.29, 1.82) is 0 Å². The summed E-state index contributed by atoms with van der Waals surface area (Å²) in [5.41, 5.74) is 5.45. The molecule has 0 saturated carbocycles. The van der Waals surface area contributed by atoms with Gasteiger partial charge >= 0.3 is 0 Å². The summed E-state index contributed by atoms with van der Waals surface area (Å²) in [5, 5.41) is 0. The molecule has 0 rings (SSSR count). The van der Waals surface area contributed by atoms with E-state index in [0.29, 0.717) is 5.92 Å². The van der Waals surface area contributed by atoms with Crippen molar-refractivity contribution in [2.75, 3.05) is 7.11 Å². The molecular weight excluding hydrogens is 102 g/mol. The van der Waals surface area contributed by atoms with Crippen LogP contribution in [0.3, 0.4) is 0 Å². The van der Waals surface area contributed by atoms with Crippen molar-refractivity contribution in [2.24, 2.45) is 11.7 Å². The van der Waals surface area contributed by atoms with Crippen molar-refractivity contribution < 1.29 is 4.74 Å². The van der Waals surface area contributed by atoms with Crippen molar-refractivity contribution in [2.45, 2.75) is 26.5 Å². The third-order valence-corrected chi connectivity index (χ3v) is 1.01. The van der Waals surface area contributed by atoms with E-state index in [4.69, 9.17) is 10.5 Å². The summed E-state index contributed by atoms with van der Waals surface area (Å²) in [6, 6.07) is 0. The Balaban J connectivity index is 3.10. The summed E-state index contributed by atoms with van der Waals surface area (Å²) in [4.78, 5) is 0. The van der Waals surface area contributed by atoms with E-state index < -0.39 is 0 Å². The first-order chi connectivity index (χ1) is 3.66. The molecule has 0 aliphatic carbocycles. The van der Waals surface area contributed by atoms with Gasteiger partial charge in [0.1, 0.15) is 6.23 Å². The number of methoxy groups -OCH3 is 1. The largest absolute Gasteiger partial charge is 0.367 e. The highest BCUT2D eigenvalue weighted by Crippen LogP contribution is 2.01. The molecule has 2 nitrogen and oxygen atoms in total. The van der Waals surface area contributed by atoms with Gasteiger partial charge in [0.25, 0.3) is 0 Å². The zero-order valence-corrected chi connectivity index (χ0v) is 5.85. The molecule has 0 saturated heterocycles. The highest BCUT2D eigenvalue weighted by molar-refractivity contribution is 4.50. The Morgan fingerprint density at radius 1 is 1.50 bits per heavy atom. The van der Waals surface area contributed by atoms with Gasteiger partial charge in [0.2, 0.25) is 0 Å². The molecule has 50 valence electrons. The molecule has 0 aliphatic heterocycles. The maximum absolute atomic E-state index is 5.45. The Hall–Kier alpha value is -0.0800. The van der Waals surface area contributed by atoms with Gasteiger partial charge < -0.3 is 10.5 Å². The molecule has 1 atom stereocenters. The van der Waals surface area contributed by atoms with Crippen LogP contribution < -0.4 is 5.73 Å². The lowest BCUT2D eigenvalue weighted by atomic mass is 10.1. The number of hydrogen-bond acceptors (Lipinski definition) is 2. The van der Waals surface area contributed by atoms with Crippen molar-refractivity contribution in [1.82, 2.24) is 0 Å². The summed E-state index contributed by atoms with van der Waals surface area (Å²) in [6.07, 6.45) is 0.867. The lowest BCUT2D eigenvalue weighted by Crippen LogP contribution is -2.23. The molecule has 0 aromatic heterocycles. The smallest absolute Gasteiger partial charge is 0.105 e. The summed E-state index contributed by atoms with van der Waals surface area (Å²) in [7, 11) is 1.63. The third kappa shape index (κ3) is 4.09. The molecular formula is C6H15NO. The van der Waals surface area contributed by atoms with E-state index in [-0.39, 0.29) is 6.23 Å². The van der Waals surface area contributed by atoms with Gasteiger partial charge in [-0.1, -0.05) is 13.8 Å². The molecule has 8 heavy (non-hydrogen) atoms. The third-order valence-electron chi connectivity index (χ3n) is 1.01. The first kappa shape index (κ1) is 7.92. The van der Waals surface area contributed by atoms with E-state index in [2.05, 4.69) is 13.8 Å². The number of ether oxygens (including phenoxy) is 1. The molecule has 0 aromatic carbocycles. The van der Waals surface area contributed by atoms with Crippen LogP contribution in [0.15, 0.2) is 0 Å². The average Bonchev–Trinajstić information content (AvgIpc) is 1.65. The molecule has 0 spiro atoms. The van der Waals surface area contributed by atoms with Crippen LogP contribution in [0.25, 0.3) is 0 Å². The van der Waals surface area contributed by atoms with E-state index in [1.54, 1.807) is 7.11 Å². The molecule has 0 heterocycles. The zero-order valence-electron chi connectivity index (χ0n) is 5.85. The summed E-state index contributed by atoms with van der Waals surface area (Å²) in [5.74, 6) is 0.630. The Bertz CT molecular complexity index is 54.5. The minimum atomic E-state index is -0.0741. The highest BCUT2D eigenvalue weighted by Gasteiger charge is 2.00. The van der Waals surface area contributed by atoms with E-state index in [0.717, 1.165) is 6.42 Å². The van der Waals surface area contributed by atoms with Crippen LogP contribution in [0.2, 0.25) is 0 Å². The standard InChI is InChI=1S/C6H15NO/c1-5(2)4-6(7)8-3/h5-6H,4,7H2,1-3H3. The lowest BCUT2D eigenvalue weighted by Gasteiger charge is -2.10. The van der Waals surface area contributed by atoms with Crippen LogP contribution in [-0.2, 0) is 4.74 Å². The van der Waals surface area contributed by atoms with Gasteiger partial charge in [-0.15, -0.1) is 0 Å². The van der Waals surface area contributed by atoms with Gasteiger partial charge in [-0.05, 0) is 12.3 Å². The Morgan fingerprint density at radius 2 is 2.00 bits per heavy atom. The molecule has 0 aromatic rings. The van der Waals surface area contributed by atoms with Crippen LogP contribution in [0.5, 0.6) is 0 Å². The number of hydrogen-bond donors (Lipinski definition) is 1. The number of nitrogens with two attached hydrogens (primary N) is 1. The molecule has 0 fully saturated rings. The van der Waals surface area contributed by atoms with E-state index >= 15 is 0 Å². The van der Waals surface area contributed by atoms with E-state index in [1.807, 2.05) is 0 Å². The monoisotopic (exact) mass is 117 g/mol. The van der Waals surface area contributed by atoms with Gasteiger partial charge in [0.05, 0.1) is 0 Å². The van der Waals surface area contributed by atoms with Crippen LogP contribution in [0, 0.1) is 5.92 Å². The lowest BCUT2D eigenvalue weighted by molar-refractivity contribution is 0.0900. The van der Waals surface area contributed by atoms with Crippen LogP contribution in [0.1, 0.15) is 20.3 Å². The van der Waals surface area contributed by atoms with Crippen LogP contribution >= 0.6 is 0 Å². The van der Waals surface area contributed by atoms with Crippen LogP contribution in [-0.4, -0.2) is 13.3 Å². The molecule has 0 amide bonds. The molecule has 2 N–H and O–H groups in total. The first-order valence-electron chi connectivity index (χ1n) is 2.95. The maximum Gasteiger partial charge on any atom is 0.105 e. The first-order valence-corrected chi connectivity index (χ1v) is 2.95. The SMILES string of the molecule is COC(N)CC(C)C. The maximum atomic E-state index is 5.45. The Labute approximate surface area is 51.0 Å². The fraction of sp³-hybridized carbons (Fsp3) is 1.00. The Morgan fingerprint density at radius 3 is 2.12 bits per heavy atom.